The second-order valence-corrected chi connectivity index (χ2v) is 16.0. The molecule has 10 rings (SSSR count). The van der Waals surface area contributed by atoms with Gasteiger partial charge in [-0.1, -0.05) is 103 Å². The molecule has 0 unspecified atom stereocenters. The molecule has 3 aliphatic heterocycles. The van der Waals surface area contributed by atoms with Crippen molar-refractivity contribution in [3.63, 3.8) is 0 Å². The Hall–Kier alpha value is -7.72. The van der Waals surface area contributed by atoms with Crippen LogP contribution in [0.25, 0.3) is 11.0 Å². The molecule has 318 valence electrons. The molecule has 2 fully saturated rings. The van der Waals surface area contributed by atoms with E-state index in [9.17, 15) is 5.11 Å². The molecule has 3 aliphatic rings. The third-order valence-corrected chi connectivity index (χ3v) is 12.5. The molecule has 2 amide bonds. The third kappa shape index (κ3) is 6.91. The second kappa shape index (κ2) is 16.9. The number of hydrogen-bond acceptors (Lipinski definition) is 9. The Balaban J connectivity index is 1.21. The second-order valence-electron chi connectivity index (χ2n) is 16.0. The van der Waals surface area contributed by atoms with Gasteiger partial charge < -0.3 is 34.9 Å². The molecule has 1 aromatic heterocycles. The van der Waals surface area contributed by atoms with Gasteiger partial charge in [-0.05, 0) is 77.4 Å². The summed E-state index contributed by atoms with van der Waals surface area (Å²) in [7, 11) is 1.60. The number of H-pyrrole nitrogens is 1. The van der Waals surface area contributed by atoms with E-state index >= 15 is 14.4 Å². The van der Waals surface area contributed by atoms with Crippen LogP contribution in [0.15, 0.2) is 152 Å². The number of ether oxygens (including phenoxy) is 3. The number of rotatable bonds is 10. The van der Waals surface area contributed by atoms with E-state index in [1.807, 2.05) is 144 Å². The highest BCUT2D eigenvalue weighted by Gasteiger charge is 2.74. The summed E-state index contributed by atoms with van der Waals surface area (Å²) in [5, 5.41) is 16.2. The molecule has 6 aromatic carbocycles. The van der Waals surface area contributed by atoms with Crippen molar-refractivity contribution in [1.82, 2.24) is 20.2 Å². The summed E-state index contributed by atoms with van der Waals surface area (Å²) in [5.41, 5.74) is 4.17. The number of anilines is 1. The quantitative estimate of drug-likeness (QED) is 0.0848. The van der Waals surface area contributed by atoms with E-state index in [2.05, 4.69) is 27.5 Å². The lowest BCUT2D eigenvalue weighted by Crippen LogP contribution is -2.54. The van der Waals surface area contributed by atoms with Crippen molar-refractivity contribution in [2.24, 2.45) is 5.92 Å². The highest BCUT2D eigenvalue weighted by atomic mass is 16.6. The van der Waals surface area contributed by atoms with Crippen molar-refractivity contribution in [2.45, 2.75) is 36.2 Å². The molecule has 0 saturated carbocycles. The maximum Gasteiger partial charge on any atom is 0.324 e. The molecule has 12 nitrogen and oxygen atoms in total. The number of nitrogens with one attached hydrogen (secondary N) is 3. The molecule has 4 heterocycles. The normalized spacial score (nSPS) is 22.2. The van der Waals surface area contributed by atoms with Crippen LogP contribution in [0.5, 0.6) is 11.5 Å². The standard InChI is InChI=1S/C52H43N5O7/c1-62-36-25-22-32(23-26-36)20-21-33-24-27-39-38(30-33)52(51(61)56-39)44(49(59)53-31-43-54-40-17-9-10-18-41(40)55-43)46-50(60)64-47(35-14-6-3-7-15-35)45(34-12-4-2-5-13-34)57(46)48(52)37-16-8-11-19-42(37)63-29-28-58/h2-19,22-27,30,44-48,58H,28-29,31H2,1H3,(H,53,59)(H,54,55)(H,56,61)/t44-,45-,46-,47+,48+,52-/m0/s1. The van der Waals surface area contributed by atoms with Crippen LogP contribution in [0, 0.1) is 17.8 Å². The number of methoxy groups -OCH3 is 1. The van der Waals surface area contributed by atoms with Crippen LogP contribution in [0.3, 0.4) is 0 Å². The average molecular weight is 850 g/mol. The minimum absolute atomic E-state index is 0.0146. The number of imidazole rings is 1. The van der Waals surface area contributed by atoms with Crippen LogP contribution in [-0.4, -0.2) is 64.1 Å². The average Bonchev–Trinajstić information content (AvgIpc) is 4.00. The number of nitrogens with zero attached hydrogens (tertiary/aromatic N) is 2. The van der Waals surface area contributed by atoms with Crippen LogP contribution < -0.4 is 20.1 Å². The van der Waals surface area contributed by atoms with Gasteiger partial charge in [0.2, 0.25) is 11.8 Å². The van der Waals surface area contributed by atoms with Crippen molar-refractivity contribution in [2.75, 3.05) is 25.6 Å². The van der Waals surface area contributed by atoms with Gasteiger partial charge in [0, 0.05) is 22.4 Å². The molecule has 7 aromatic rings. The van der Waals surface area contributed by atoms with Gasteiger partial charge in [0.1, 0.15) is 41.5 Å². The first-order valence-corrected chi connectivity index (χ1v) is 21.1. The molecule has 0 radical (unpaired) electrons. The number of amides is 2. The molecular weight excluding hydrogens is 807 g/mol. The van der Waals surface area contributed by atoms with E-state index < -0.39 is 53.3 Å². The Morgan fingerprint density at radius 3 is 2.27 bits per heavy atom. The van der Waals surface area contributed by atoms with Crippen LogP contribution in [0.2, 0.25) is 0 Å². The number of aliphatic hydroxyl groups is 1. The summed E-state index contributed by atoms with van der Waals surface area (Å²) in [4.78, 5) is 56.4. The van der Waals surface area contributed by atoms with Crippen molar-refractivity contribution >= 4 is 34.5 Å². The van der Waals surface area contributed by atoms with Crippen molar-refractivity contribution in [3.05, 3.63) is 191 Å². The number of morpholine rings is 1. The van der Waals surface area contributed by atoms with Crippen LogP contribution in [-0.2, 0) is 31.1 Å². The first kappa shape index (κ1) is 40.4. The van der Waals surface area contributed by atoms with Gasteiger partial charge in [0.05, 0.1) is 49.3 Å². The van der Waals surface area contributed by atoms with E-state index in [1.54, 1.807) is 19.2 Å². The van der Waals surface area contributed by atoms with Crippen molar-refractivity contribution < 1.29 is 33.7 Å². The fourth-order valence-electron chi connectivity index (χ4n) is 9.82. The zero-order valence-corrected chi connectivity index (χ0v) is 34.7. The maximum absolute atomic E-state index is 15.6. The number of esters is 1. The molecular formula is C52H43N5O7. The molecule has 1 spiro atoms. The number of para-hydroxylation sites is 3. The Bertz CT molecular complexity index is 2910. The van der Waals surface area contributed by atoms with Crippen molar-refractivity contribution in [3.8, 4) is 23.3 Å². The minimum Gasteiger partial charge on any atom is -0.497 e. The molecule has 4 N–H and O–H groups in total. The molecule has 2 saturated heterocycles. The fourth-order valence-corrected chi connectivity index (χ4v) is 9.82. The zero-order valence-electron chi connectivity index (χ0n) is 34.7. The maximum atomic E-state index is 15.6. The van der Waals surface area contributed by atoms with E-state index in [1.165, 1.54) is 0 Å². The lowest BCUT2D eigenvalue weighted by atomic mass is 9.65. The predicted octanol–water partition coefficient (Wildman–Crippen LogP) is 6.93. The number of cyclic esters (lactones) is 1. The van der Waals surface area contributed by atoms with Crippen molar-refractivity contribution in [1.29, 1.82) is 0 Å². The van der Waals surface area contributed by atoms with Crippen LogP contribution in [0.4, 0.5) is 5.69 Å². The zero-order chi connectivity index (χ0) is 43.8. The van der Waals surface area contributed by atoms with Gasteiger partial charge in [-0.15, -0.1) is 0 Å². The molecule has 6 atom stereocenters. The Kier molecular flexibility index (Phi) is 10.6. The summed E-state index contributed by atoms with van der Waals surface area (Å²) in [6.07, 6.45) is -0.847. The Labute approximate surface area is 369 Å². The van der Waals surface area contributed by atoms with E-state index in [0.29, 0.717) is 39.7 Å². The lowest BCUT2D eigenvalue weighted by molar-refractivity contribution is -0.178. The van der Waals surface area contributed by atoms with Gasteiger partial charge in [0.25, 0.3) is 0 Å². The summed E-state index contributed by atoms with van der Waals surface area (Å²) >= 11 is 0. The highest BCUT2D eigenvalue weighted by molar-refractivity contribution is 6.12. The number of aromatic amines is 1. The summed E-state index contributed by atoms with van der Waals surface area (Å²) in [5.74, 6) is 5.06. The summed E-state index contributed by atoms with van der Waals surface area (Å²) in [6, 6.07) is 43.9. The Morgan fingerprint density at radius 1 is 0.828 bits per heavy atom. The highest BCUT2D eigenvalue weighted by Crippen LogP contribution is 2.65. The monoisotopic (exact) mass is 849 g/mol. The van der Waals surface area contributed by atoms with Crippen LogP contribution >= 0.6 is 0 Å². The van der Waals surface area contributed by atoms with E-state index in [0.717, 1.165) is 27.7 Å². The van der Waals surface area contributed by atoms with Crippen LogP contribution in [0.1, 0.15) is 57.4 Å². The number of carbonyl (C=O) groups excluding carboxylic acids is 3. The van der Waals surface area contributed by atoms with Gasteiger partial charge in [-0.3, -0.25) is 19.3 Å². The third-order valence-electron chi connectivity index (χ3n) is 12.5. The fraction of sp³-hybridized carbons (Fsp3) is 0.192. The number of benzene rings is 6. The number of hydrogen-bond donors (Lipinski definition) is 4. The predicted molar refractivity (Wildman–Crippen MR) is 239 cm³/mol. The number of aromatic nitrogens is 2. The number of aliphatic hydroxyl groups excluding tert-OH is 1. The van der Waals surface area contributed by atoms with Gasteiger partial charge in [-0.2, -0.15) is 0 Å². The number of fused-ring (bicyclic) bond motifs is 4. The topological polar surface area (TPSA) is 155 Å². The molecule has 0 aliphatic carbocycles. The summed E-state index contributed by atoms with van der Waals surface area (Å²) in [6.45, 7) is -0.316. The molecule has 12 heteroatoms. The van der Waals surface area contributed by atoms with E-state index in [4.69, 9.17) is 19.2 Å². The van der Waals surface area contributed by atoms with E-state index in [-0.39, 0.29) is 19.8 Å². The molecule has 0 bridgehead atoms. The first-order valence-electron chi connectivity index (χ1n) is 21.1. The van der Waals surface area contributed by atoms with Gasteiger partial charge in [-0.25, -0.2) is 4.98 Å². The SMILES string of the molecule is COc1ccc(C#Cc2ccc3c(c2)[C@]2(C(=O)N3)[C@H](C(=O)NCc3nc4ccccc4[nH]3)[C@H]3C(=O)O[C@H](c4ccccc4)[C@H](c4ccccc4)N3[C@@H]2c2ccccc2OCCO)cc1. The largest absolute Gasteiger partial charge is 0.497 e. The number of carbonyl (C=O) groups is 3. The van der Waals surface area contributed by atoms with Gasteiger partial charge in [0.15, 0.2) is 0 Å². The van der Waals surface area contributed by atoms with Gasteiger partial charge >= 0.3 is 5.97 Å². The minimum atomic E-state index is -1.79. The smallest absolute Gasteiger partial charge is 0.324 e. The first-order chi connectivity index (χ1) is 31.4. The lowest BCUT2D eigenvalue weighted by Gasteiger charge is -2.46. The molecule has 64 heavy (non-hydrogen) atoms. The summed E-state index contributed by atoms with van der Waals surface area (Å²) < 4.78 is 18.2. The Morgan fingerprint density at radius 2 is 1.52 bits per heavy atom.